The first-order chi connectivity index (χ1) is 13.4. The quantitative estimate of drug-likeness (QED) is 0.563. The van der Waals surface area contributed by atoms with Crippen molar-refractivity contribution in [3.8, 4) is 33.5 Å². The molecule has 0 saturated heterocycles. The molecule has 4 aromatic rings. The van der Waals surface area contributed by atoms with Gasteiger partial charge in [0.05, 0.1) is 23.1 Å². The van der Waals surface area contributed by atoms with E-state index in [0.29, 0.717) is 5.82 Å². The maximum Gasteiger partial charge on any atom is 0.175 e. The summed E-state index contributed by atoms with van der Waals surface area (Å²) in [5, 5.41) is 0. The Morgan fingerprint density at radius 3 is 2.18 bits per heavy atom. The van der Waals surface area contributed by atoms with Gasteiger partial charge in [-0.3, -0.25) is 4.98 Å². The molecular weight excluding hydrogens is 374 g/mol. The van der Waals surface area contributed by atoms with E-state index in [4.69, 9.17) is 10.2 Å². The minimum atomic E-state index is -3.23. The number of nitrogens with zero attached hydrogens (tertiary/aromatic N) is 2. The number of benzene rings is 1. The van der Waals surface area contributed by atoms with E-state index in [9.17, 15) is 8.42 Å². The lowest BCUT2D eigenvalue weighted by Gasteiger charge is -2.09. The van der Waals surface area contributed by atoms with Crippen molar-refractivity contribution in [2.45, 2.75) is 4.90 Å². The van der Waals surface area contributed by atoms with Crippen molar-refractivity contribution >= 4 is 15.7 Å². The van der Waals surface area contributed by atoms with E-state index in [2.05, 4.69) is 9.97 Å². The average molecular weight is 391 g/mol. The van der Waals surface area contributed by atoms with Crippen LogP contribution in [0.15, 0.2) is 82.8 Å². The molecule has 3 heterocycles. The third-order valence-electron chi connectivity index (χ3n) is 4.43. The molecule has 0 aliphatic heterocycles. The largest absolute Gasteiger partial charge is 0.472 e. The Bertz CT molecular complexity index is 1220. The van der Waals surface area contributed by atoms with Gasteiger partial charge in [-0.2, -0.15) is 0 Å². The second-order valence-electron chi connectivity index (χ2n) is 6.40. The van der Waals surface area contributed by atoms with Crippen LogP contribution in [0.2, 0.25) is 0 Å². The van der Waals surface area contributed by atoms with E-state index in [1.165, 1.54) is 6.26 Å². The van der Waals surface area contributed by atoms with Crippen molar-refractivity contribution in [2.75, 3.05) is 12.0 Å². The first kappa shape index (κ1) is 17.9. The third-order valence-corrected chi connectivity index (χ3v) is 5.55. The maximum atomic E-state index is 11.6. The number of hydrogen-bond donors (Lipinski definition) is 1. The molecule has 0 radical (unpaired) electrons. The van der Waals surface area contributed by atoms with Crippen molar-refractivity contribution in [3.05, 3.63) is 73.5 Å². The lowest BCUT2D eigenvalue weighted by atomic mass is 10.0. The molecule has 0 atom stereocenters. The SMILES string of the molecule is CS(=O)(=O)c1ccc(-c2cnc(N)c(-c3ccc(-c4ccoc4)nc3)c2)cc1. The number of hydrogen-bond acceptors (Lipinski definition) is 6. The van der Waals surface area contributed by atoms with E-state index in [-0.39, 0.29) is 4.90 Å². The summed E-state index contributed by atoms with van der Waals surface area (Å²) in [7, 11) is -3.23. The molecule has 0 spiro atoms. The van der Waals surface area contributed by atoms with Gasteiger partial charge in [-0.25, -0.2) is 13.4 Å². The normalized spacial score (nSPS) is 11.5. The average Bonchev–Trinajstić information content (AvgIpc) is 3.23. The Kier molecular flexibility index (Phi) is 4.44. The zero-order chi connectivity index (χ0) is 19.7. The Morgan fingerprint density at radius 1 is 0.857 bits per heavy atom. The number of rotatable bonds is 4. The molecule has 0 amide bonds. The van der Waals surface area contributed by atoms with Crippen LogP contribution in [0.3, 0.4) is 0 Å². The number of nitrogen functional groups attached to an aromatic ring is 1. The van der Waals surface area contributed by atoms with Crippen molar-refractivity contribution < 1.29 is 12.8 Å². The Hall–Kier alpha value is -3.45. The molecule has 0 bridgehead atoms. The summed E-state index contributed by atoms with van der Waals surface area (Å²) < 4.78 is 28.4. The molecule has 4 rings (SSSR count). The zero-order valence-electron chi connectivity index (χ0n) is 15.0. The molecule has 1 aromatic carbocycles. The molecular formula is C21H17N3O3S. The monoisotopic (exact) mass is 391 g/mol. The summed E-state index contributed by atoms with van der Waals surface area (Å²) in [6.07, 6.45) is 7.84. The van der Waals surface area contributed by atoms with E-state index < -0.39 is 9.84 Å². The smallest absolute Gasteiger partial charge is 0.175 e. The van der Waals surface area contributed by atoms with Crippen molar-refractivity contribution in [3.63, 3.8) is 0 Å². The Labute approximate surface area is 162 Å². The third kappa shape index (κ3) is 3.52. The molecule has 0 aliphatic carbocycles. The molecule has 28 heavy (non-hydrogen) atoms. The van der Waals surface area contributed by atoms with Crippen LogP contribution in [0.1, 0.15) is 0 Å². The Balaban J connectivity index is 1.69. The van der Waals surface area contributed by atoms with Gasteiger partial charge in [0.15, 0.2) is 9.84 Å². The van der Waals surface area contributed by atoms with E-state index >= 15 is 0 Å². The summed E-state index contributed by atoms with van der Waals surface area (Å²) in [5.41, 5.74) is 11.1. The lowest BCUT2D eigenvalue weighted by molar-refractivity contribution is 0.568. The van der Waals surface area contributed by atoms with Crippen LogP contribution < -0.4 is 5.73 Å². The zero-order valence-corrected chi connectivity index (χ0v) is 15.8. The van der Waals surface area contributed by atoms with E-state index in [1.807, 2.05) is 24.3 Å². The first-order valence-corrected chi connectivity index (χ1v) is 10.4. The van der Waals surface area contributed by atoms with Crippen LogP contribution in [0.4, 0.5) is 5.82 Å². The molecule has 7 heteroatoms. The standard InChI is InChI=1S/C21H17N3O3S/c1-28(25,26)18-5-2-14(3-6-18)17-10-19(21(22)24-12-17)15-4-7-20(23-11-15)16-8-9-27-13-16/h2-13H,1H3,(H2,22,24). The number of sulfone groups is 1. The van der Waals surface area contributed by atoms with Crippen molar-refractivity contribution in [1.29, 1.82) is 0 Å². The van der Waals surface area contributed by atoms with Gasteiger partial charge >= 0.3 is 0 Å². The second-order valence-corrected chi connectivity index (χ2v) is 8.41. The minimum absolute atomic E-state index is 0.277. The van der Waals surface area contributed by atoms with Crippen molar-refractivity contribution in [2.24, 2.45) is 0 Å². The van der Waals surface area contributed by atoms with Gasteiger partial charge in [-0.05, 0) is 35.9 Å². The molecule has 0 unspecified atom stereocenters. The number of nitrogens with two attached hydrogens (primary N) is 1. The van der Waals surface area contributed by atoms with Crippen LogP contribution in [0.5, 0.6) is 0 Å². The van der Waals surface area contributed by atoms with E-state index in [1.54, 1.807) is 49.2 Å². The number of aromatic nitrogens is 2. The lowest BCUT2D eigenvalue weighted by Crippen LogP contribution is -1.97. The van der Waals surface area contributed by atoms with E-state index in [0.717, 1.165) is 33.5 Å². The summed E-state index contributed by atoms with van der Waals surface area (Å²) in [6, 6.07) is 14.3. The highest BCUT2D eigenvalue weighted by Gasteiger charge is 2.11. The molecule has 0 fully saturated rings. The van der Waals surface area contributed by atoms with Gasteiger partial charge in [0, 0.05) is 40.9 Å². The predicted octanol–water partition coefficient (Wildman–Crippen LogP) is 4.06. The minimum Gasteiger partial charge on any atom is -0.472 e. The molecule has 2 N–H and O–H groups in total. The Morgan fingerprint density at radius 2 is 1.57 bits per heavy atom. The van der Waals surface area contributed by atoms with Gasteiger partial charge in [0.25, 0.3) is 0 Å². The highest BCUT2D eigenvalue weighted by Crippen LogP contribution is 2.30. The molecule has 6 nitrogen and oxygen atoms in total. The highest BCUT2D eigenvalue weighted by molar-refractivity contribution is 7.90. The topological polar surface area (TPSA) is 99.1 Å². The fraction of sp³-hybridized carbons (Fsp3) is 0.0476. The first-order valence-electron chi connectivity index (χ1n) is 8.47. The van der Waals surface area contributed by atoms with Gasteiger partial charge in [-0.15, -0.1) is 0 Å². The van der Waals surface area contributed by atoms with Crippen molar-refractivity contribution in [1.82, 2.24) is 9.97 Å². The maximum absolute atomic E-state index is 11.6. The number of furan rings is 1. The van der Waals surface area contributed by atoms with Gasteiger partial charge in [0.1, 0.15) is 5.82 Å². The highest BCUT2D eigenvalue weighted by atomic mass is 32.2. The second kappa shape index (κ2) is 6.94. The fourth-order valence-electron chi connectivity index (χ4n) is 2.89. The summed E-state index contributed by atoms with van der Waals surface area (Å²) in [5.74, 6) is 0.398. The van der Waals surface area contributed by atoms with Gasteiger partial charge in [0.2, 0.25) is 0 Å². The predicted molar refractivity (Wildman–Crippen MR) is 108 cm³/mol. The molecule has 0 saturated carbocycles. The summed E-state index contributed by atoms with van der Waals surface area (Å²) in [4.78, 5) is 9.04. The summed E-state index contributed by atoms with van der Waals surface area (Å²) >= 11 is 0. The summed E-state index contributed by atoms with van der Waals surface area (Å²) in [6.45, 7) is 0. The van der Waals surface area contributed by atoms with Crippen LogP contribution in [0, 0.1) is 0 Å². The van der Waals surface area contributed by atoms with Crippen LogP contribution in [0.25, 0.3) is 33.5 Å². The van der Waals surface area contributed by atoms with Crippen LogP contribution >= 0.6 is 0 Å². The van der Waals surface area contributed by atoms with Crippen LogP contribution in [-0.4, -0.2) is 24.6 Å². The van der Waals surface area contributed by atoms with Gasteiger partial charge in [-0.1, -0.05) is 18.2 Å². The van der Waals surface area contributed by atoms with Crippen LogP contribution in [-0.2, 0) is 9.84 Å². The molecule has 3 aromatic heterocycles. The molecule has 0 aliphatic rings. The fourth-order valence-corrected chi connectivity index (χ4v) is 3.52. The van der Waals surface area contributed by atoms with Gasteiger partial charge < -0.3 is 10.2 Å². The number of anilines is 1. The number of pyridine rings is 2. The molecule has 140 valence electrons.